The quantitative estimate of drug-likeness (QED) is 0.930. The van der Waals surface area contributed by atoms with Crippen LogP contribution in [-0.4, -0.2) is 40.8 Å². The summed E-state index contributed by atoms with van der Waals surface area (Å²) in [4.78, 5) is 7.94. The summed E-state index contributed by atoms with van der Waals surface area (Å²) in [6.45, 7) is 2.74. The van der Waals surface area contributed by atoms with Gasteiger partial charge >= 0.3 is 0 Å². The maximum absolute atomic E-state index is 6.15. The summed E-state index contributed by atoms with van der Waals surface area (Å²) in [5.74, 6) is 1.07. The third-order valence-electron chi connectivity index (χ3n) is 4.25. The molecule has 0 aliphatic carbocycles. The van der Waals surface area contributed by atoms with Gasteiger partial charge in [0, 0.05) is 17.5 Å². The number of nitrogens with two attached hydrogens (primary N) is 1. The number of aromatic nitrogens is 2. The Bertz CT molecular complexity index is 600. The molecule has 0 spiro atoms. The fraction of sp³-hybridized carbons (Fsp3) is 0.571. The van der Waals surface area contributed by atoms with Gasteiger partial charge in [-0.3, -0.25) is 4.90 Å². The Morgan fingerprint density at radius 2 is 2.43 bits per heavy atom. The van der Waals surface area contributed by atoms with Crippen molar-refractivity contribution in [3.05, 3.63) is 34.1 Å². The van der Waals surface area contributed by atoms with Crippen LogP contribution in [-0.2, 0) is 4.74 Å². The van der Waals surface area contributed by atoms with Crippen LogP contribution in [0.1, 0.15) is 41.6 Å². The summed E-state index contributed by atoms with van der Waals surface area (Å²) in [7, 11) is 0. The second-order valence-electron chi connectivity index (χ2n) is 5.60. The molecule has 2 aromatic rings. The van der Waals surface area contributed by atoms with Crippen molar-refractivity contribution in [1.29, 1.82) is 0 Å². The summed E-state index contributed by atoms with van der Waals surface area (Å²) in [6.07, 6.45) is 2.38. The summed E-state index contributed by atoms with van der Waals surface area (Å²) in [5.41, 5.74) is 6.15. The van der Waals surface area contributed by atoms with E-state index in [4.69, 9.17) is 15.0 Å². The van der Waals surface area contributed by atoms with Crippen LogP contribution < -0.4 is 5.73 Å². The van der Waals surface area contributed by atoms with Crippen molar-refractivity contribution in [2.75, 3.05) is 19.7 Å². The van der Waals surface area contributed by atoms with E-state index in [2.05, 4.69) is 15.0 Å². The van der Waals surface area contributed by atoms with Crippen molar-refractivity contribution in [3.8, 4) is 0 Å². The lowest BCUT2D eigenvalue weighted by atomic mass is 10.2. The minimum atomic E-state index is -0.352. The molecule has 2 saturated heterocycles. The second kappa shape index (κ2) is 5.49. The first-order chi connectivity index (χ1) is 10.3. The van der Waals surface area contributed by atoms with E-state index in [9.17, 15) is 0 Å². The Labute approximate surface area is 126 Å². The Morgan fingerprint density at radius 1 is 1.48 bits per heavy atom. The minimum Gasteiger partial charge on any atom is -0.367 e. The highest BCUT2D eigenvalue weighted by Gasteiger charge is 2.35. The van der Waals surface area contributed by atoms with Gasteiger partial charge in [-0.2, -0.15) is 4.98 Å². The van der Waals surface area contributed by atoms with Gasteiger partial charge in [-0.15, -0.1) is 11.3 Å². The van der Waals surface area contributed by atoms with Gasteiger partial charge in [-0.1, -0.05) is 11.2 Å². The summed E-state index contributed by atoms with van der Waals surface area (Å²) >= 11 is 1.59. The molecule has 21 heavy (non-hydrogen) atoms. The lowest BCUT2D eigenvalue weighted by Crippen LogP contribution is -2.42. The van der Waals surface area contributed by atoms with Gasteiger partial charge in [-0.05, 0) is 30.8 Å². The van der Waals surface area contributed by atoms with Crippen molar-refractivity contribution in [3.63, 3.8) is 0 Å². The van der Waals surface area contributed by atoms with Crippen molar-refractivity contribution < 1.29 is 9.26 Å². The zero-order valence-corrected chi connectivity index (χ0v) is 12.5. The summed E-state index contributed by atoms with van der Waals surface area (Å²) in [5, 5.41) is 6.06. The summed E-state index contributed by atoms with van der Waals surface area (Å²) < 4.78 is 11.2. The van der Waals surface area contributed by atoms with Crippen molar-refractivity contribution >= 4 is 11.3 Å². The van der Waals surface area contributed by atoms with E-state index >= 15 is 0 Å². The predicted octanol–water partition coefficient (Wildman–Crippen LogP) is 1.71. The third-order valence-corrected chi connectivity index (χ3v) is 5.21. The van der Waals surface area contributed by atoms with Crippen LogP contribution in [0.3, 0.4) is 0 Å². The Balaban J connectivity index is 1.49. The summed E-state index contributed by atoms with van der Waals surface area (Å²) in [6, 6.07) is 4.16. The van der Waals surface area contributed by atoms with E-state index in [0.717, 1.165) is 24.6 Å². The molecule has 2 aromatic heterocycles. The molecular formula is C14H18N4O2S. The molecule has 7 heteroatoms. The molecule has 0 bridgehead atoms. The van der Waals surface area contributed by atoms with E-state index in [1.54, 1.807) is 11.3 Å². The number of rotatable bonds is 3. The van der Waals surface area contributed by atoms with Crippen molar-refractivity contribution in [2.24, 2.45) is 5.73 Å². The van der Waals surface area contributed by atoms with Crippen LogP contribution in [0.25, 0.3) is 0 Å². The first-order valence-electron chi connectivity index (χ1n) is 7.29. The fourth-order valence-electron chi connectivity index (χ4n) is 3.07. The molecule has 0 radical (unpaired) electrons. The predicted molar refractivity (Wildman–Crippen MR) is 77.9 cm³/mol. The zero-order chi connectivity index (χ0) is 14.2. The van der Waals surface area contributed by atoms with Crippen LogP contribution >= 0.6 is 11.3 Å². The molecule has 2 N–H and O–H groups in total. The molecule has 2 fully saturated rings. The van der Waals surface area contributed by atoms with Crippen LogP contribution in [0.5, 0.6) is 0 Å². The van der Waals surface area contributed by atoms with Crippen LogP contribution in [0.4, 0.5) is 0 Å². The van der Waals surface area contributed by atoms with Crippen molar-refractivity contribution in [1.82, 2.24) is 15.0 Å². The third kappa shape index (κ3) is 2.50. The van der Waals surface area contributed by atoms with Crippen LogP contribution in [0.15, 0.2) is 22.0 Å². The van der Waals surface area contributed by atoms with E-state index in [-0.39, 0.29) is 12.1 Å². The average molecular weight is 306 g/mol. The number of nitrogens with zero attached hydrogens (tertiary/aromatic N) is 3. The highest BCUT2D eigenvalue weighted by Crippen LogP contribution is 2.30. The highest BCUT2D eigenvalue weighted by atomic mass is 32.1. The largest absolute Gasteiger partial charge is 0.367 e. The first kappa shape index (κ1) is 13.4. The maximum Gasteiger partial charge on any atom is 0.249 e. The van der Waals surface area contributed by atoms with Gasteiger partial charge < -0.3 is 15.0 Å². The first-order valence-corrected chi connectivity index (χ1v) is 8.17. The molecule has 2 aliphatic rings. The molecular weight excluding hydrogens is 288 g/mol. The number of morpholine rings is 1. The van der Waals surface area contributed by atoms with Crippen LogP contribution in [0.2, 0.25) is 0 Å². The van der Waals surface area contributed by atoms with Gasteiger partial charge in [0.1, 0.15) is 12.1 Å². The Hall–Kier alpha value is -1.28. The van der Waals surface area contributed by atoms with E-state index in [0.29, 0.717) is 17.8 Å². The van der Waals surface area contributed by atoms with Crippen LogP contribution in [0, 0.1) is 0 Å². The zero-order valence-electron chi connectivity index (χ0n) is 11.6. The molecule has 0 amide bonds. The number of ether oxygens (including phenoxy) is 1. The number of thiophene rings is 1. The molecule has 0 aromatic carbocycles. The number of hydrogen-bond donors (Lipinski definition) is 1. The molecule has 4 heterocycles. The topological polar surface area (TPSA) is 77.4 Å². The smallest absolute Gasteiger partial charge is 0.249 e. The fourth-order valence-corrected chi connectivity index (χ4v) is 3.79. The molecule has 4 rings (SSSR count). The van der Waals surface area contributed by atoms with Crippen molar-refractivity contribution in [2.45, 2.75) is 31.0 Å². The molecule has 2 aliphatic heterocycles. The van der Waals surface area contributed by atoms with E-state index < -0.39 is 0 Å². The van der Waals surface area contributed by atoms with Gasteiger partial charge in [0.2, 0.25) is 11.7 Å². The molecule has 112 valence electrons. The standard InChI is InChI=1S/C14H18N4O2S/c15-12(11-4-2-6-21-11)14-16-13(17-20-14)10-7-18-5-1-3-9(18)8-19-10/h2,4,6,9-10,12H,1,3,5,7-8,15H2. The van der Waals surface area contributed by atoms with Gasteiger partial charge in [0.05, 0.1) is 6.61 Å². The van der Waals surface area contributed by atoms with E-state index in [1.807, 2.05) is 17.5 Å². The molecule has 3 unspecified atom stereocenters. The Morgan fingerprint density at radius 3 is 3.29 bits per heavy atom. The Kier molecular flexibility index (Phi) is 3.50. The number of fused-ring (bicyclic) bond motifs is 1. The molecule has 6 nitrogen and oxygen atoms in total. The lowest BCUT2D eigenvalue weighted by molar-refractivity contribution is -0.0548. The molecule has 3 atom stereocenters. The van der Waals surface area contributed by atoms with Gasteiger partial charge in [0.25, 0.3) is 0 Å². The van der Waals surface area contributed by atoms with Gasteiger partial charge in [-0.25, -0.2) is 0 Å². The second-order valence-corrected chi connectivity index (χ2v) is 6.58. The van der Waals surface area contributed by atoms with Gasteiger partial charge in [0.15, 0.2) is 0 Å². The van der Waals surface area contributed by atoms with E-state index in [1.165, 1.54) is 12.8 Å². The average Bonchev–Trinajstić information content (AvgIpc) is 3.25. The highest BCUT2D eigenvalue weighted by molar-refractivity contribution is 7.10. The maximum atomic E-state index is 6.15. The lowest BCUT2D eigenvalue weighted by Gasteiger charge is -2.33. The minimum absolute atomic E-state index is 0.104. The normalized spacial score (nSPS) is 27.7. The number of hydrogen-bond acceptors (Lipinski definition) is 7. The SMILES string of the molecule is NC(c1nc(C2CN3CCCC3CO2)no1)c1cccs1. The monoisotopic (exact) mass is 306 g/mol. The molecule has 0 saturated carbocycles.